The molecule has 1 N–H and O–H groups in total. The number of hydrogen-bond donors (Lipinski definition) is 1. The maximum atomic E-state index is 12.3. The number of alkyl halides is 2. The molecule has 1 aromatic carbocycles. The quantitative estimate of drug-likeness (QED) is 0.868. The van der Waals surface area contributed by atoms with E-state index in [1.807, 2.05) is 6.92 Å². The minimum atomic E-state index is -4.49. The van der Waals surface area contributed by atoms with Crippen LogP contribution in [-0.2, 0) is 9.84 Å². The fourth-order valence-electron chi connectivity index (χ4n) is 1.63. The Morgan fingerprint density at radius 1 is 1.22 bits per heavy atom. The molecule has 102 valence electrons. The number of halogens is 2. The van der Waals surface area contributed by atoms with Gasteiger partial charge in [0.25, 0.3) is 0 Å². The van der Waals surface area contributed by atoms with E-state index in [1.54, 1.807) is 0 Å². The van der Waals surface area contributed by atoms with E-state index in [9.17, 15) is 17.2 Å². The third-order valence-electron chi connectivity index (χ3n) is 2.55. The van der Waals surface area contributed by atoms with Gasteiger partial charge in [-0.1, -0.05) is 13.3 Å². The van der Waals surface area contributed by atoms with Crippen LogP contribution in [0.5, 0.6) is 0 Å². The minimum Gasteiger partial charge on any atom is -0.383 e. The molecule has 0 saturated carbocycles. The van der Waals surface area contributed by atoms with Crippen LogP contribution in [0.4, 0.5) is 14.5 Å². The van der Waals surface area contributed by atoms with E-state index >= 15 is 0 Å². The van der Waals surface area contributed by atoms with Crippen LogP contribution in [0.15, 0.2) is 29.2 Å². The van der Waals surface area contributed by atoms with Gasteiger partial charge >= 0.3 is 5.76 Å². The van der Waals surface area contributed by atoms with E-state index in [1.165, 1.54) is 24.3 Å². The van der Waals surface area contributed by atoms with Crippen molar-refractivity contribution in [3.63, 3.8) is 0 Å². The van der Waals surface area contributed by atoms with Crippen molar-refractivity contribution in [3.8, 4) is 0 Å². The predicted octanol–water partition coefficient (Wildman–Crippen LogP) is 3.28. The SMILES string of the molecule is CCCC(C)Nc1ccc(S(=O)(=O)C(F)F)cc1. The van der Waals surface area contributed by atoms with E-state index in [-0.39, 0.29) is 10.9 Å². The fraction of sp³-hybridized carbons (Fsp3) is 0.500. The van der Waals surface area contributed by atoms with E-state index < -0.39 is 15.6 Å². The average molecular weight is 277 g/mol. The van der Waals surface area contributed by atoms with Gasteiger partial charge in [0.1, 0.15) is 0 Å². The summed E-state index contributed by atoms with van der Waals surface area (Å²) >= 11 is 0. The van der Waals surface area contributed by atoms with E-state index in [0.717, 1.165) is 18.5 Å². The van der Waals surface area contributed by atoms with Crippen molar-refractivity contribution >= 4 is 15.5 Å². The summed E-state index contributed by atoms with van der Waals surface area (Å²) in [6.07, 6.45) is 2.02. The lowest BCUT2D eigenvalue weighted by Gasteiger charge is -2.14. The van der Waals surface area contributed by atoms with Gasteiger partial charge in [-0.25, -0.2) is 8.42 Å². The lowest BCUT2D eigenvalue weighted by Crippen LogP contribution is -2.15. The molecule has 1 atom stereocenters. The van der Waals surface area contributed by atoms with Crippen LogP contribution in [0.25, 0.3) is 0 Å². The van der Waals surface area contributed by atoms with Crippen molar-refractivity contribution in [1.29, 1.82) is 0 Å². The van der Waals surface area contributed by atoms with Crippen LogP contribution in [0, 0.1) is 0 Å². The fourth-order valence-corrected chi connectivity index (χ4v) is 2.35. The smallest absolute Gasteiger partial charge is 0.341 e. The molecule has 1 aromatic rings. The summed E-state index contributed by atoms with van der Waals surface area (Å²) in [5, 5.41) is 3.17. The zero-order valence-electron chi connectivity index (χ0n) is 10.4. The molecule has 0 fully saturated rings. The molecule has 0 amide bonds. The molecule has 0 saturated heterocycles. The Kier molecular flexibility index (Phi) is 5.07. The first-order valence-corrected chi connectivity index (χ1v) is 7.31. The van der Waals surface area contributed by atoms with Gasteiger partial charge in [0, 0.05) is 11.7 Å². The first kappa shape index (κ1) is 14.9. The molecule has 0 aliphatic rings. The molecule has 3 nitrogen and oxygen atoms in total. The number of nitrogens with one attached hydrogen (secondary N) is 1. The highest BCUT2D eigenvalue weighted by Gasteiger charge is 2.26. The molecule has 1 rings (SSSR count). The third kappa shape index (κ3) is 3.66. The Bertz CT molecular complexity index is 471. The molecule has 0 aromatic heterocycles. The molecule has 0 bridgehead atoms. The standard InChI is InChI=1S/C12H17F2NO2S/c1-3-4-9(2)15-10-5-7-11(8-6-10)18(16,17)12(13)14/h5-9,12,15H,3-4H2,1-2H3. The van der Waals surface area contributed by atoms with Gasteiger partial charge in [0.2, 0.25) is 9.84 Å². The number of hydrogen-bond acceptors (Lipinski definition) is 3. The first-order valence-electron chi connectivity index (χ1n) is 5.76. The zero-order chi connectivity index (χ0) is 13.8. The highest BCUT2D eigenvalue weighted by molar-refractivity contribution is 7.91. The molecule has 0 heterocycles. The van der Waals surface area contributed by atoms with Crippen LogP contribution in [0.3, 0.4) is 0 Å². The minimum absolute atomic E-state index is 0.257. The first-order chi connectivity index (χ1) is 8.37. The molecular formula is C12H17F2NO2S. The van der Waals surface area contributed by atoms with Gasteiger partial charge in [0.15, 0.2) is 0 Å². The summed E-state index contributed by atoms with van der Waals surface area (Å²) in [6.45, 7) is 4.07. The van der Waals surface area contributed by atoms with Crippen LogP contribution in [0.1, 0.15) is 26.7 Å². The molecule has 0 aliphatic heterocycles. The molecule has 18 heavy (non-hydrogen) atoms. The third-order valence-corrected chi connectivity index (χ3v) is 3.95. The molecule has 0 aliphatic carbocycles. The largest absolute Gasteiger partial charge is 0.383 e. The van der Waals surface area contributed by atoms with Gasteiger partial charge in [-0.05, 0) is 37.6 Å². The summed E-state index contributed by atoms with van der Waals surface area (Å²) in [5.41, 5.74) is 0.726. The Hall–Kier alpha value is -1.17. The summed E-state index contributed by atoms with van der Waals surface area (Å²) < 4.78 is 47.0. The maximum Gasteiger partial charge on any atom is 0.341 e. The normalized spacial score (nSPS) is 13.6. The van der Waals surface area contributed by atoms with Crippen molar-refractivity contribution in [2.75, 3.05) is 5.32 Å². The van der Waals surface area contributed by atoms with E-state index in [4.69, 9.17) is 0 Å². The van der Waals surface area contributed by atoms with Crippen LogP contribution < -0.4 is 5.32 Å². The zero-order valence-corrected chi connectivity index (χ0v) is 11.2. The number of anilines is 1. The Balaban J connectivity index is 2.81. The predicted molar refractivity (Wildman–Crippen MR) is 67.6 cm³/mol. The lowest BCUT2D eigenvalue weighted by atomic mass is 10.2. The number of sulfone groups is 1. The topological polar surface area (TPSA) is 46.2 Å². The van der Waals surface area contributed by atoms with Gasteiger partial charge in [-0.2, -0.15) is 8.78 Å². The van der Waals surface area contributed by atoms with Gasteiger partial charge in [0.05, 0.1) is 4.90 Å². The van der Waals surface area contributed by atoms with Crippen molar-refractivity contribution in [1.82, 2.24) is 0 Å². The molecule has 6 heteroatoms. The van der Waals surface area contributed by atoms with E-state index in [0.29, 0.717) is 0 Å². The Morgan fingerprint density at radius 2 is 1.78 bits per heavy atom. The number of rotatable bonds is 6. The van der Waals surface area contributed by atoms with Crippen LogP contribution in [-0.4, -0.2) is 20.2 Å². The summed E-state index contributed by atoms with van der Waals surface area (Å²) in [7, 11) is -4.49. The average Bonchev–Trinajstić information content (AvgIpc) is 2.29. The molecule has 1 unspecified atom stereocenters. The Labute approximate surface area is 106 Å². The molecular weight excluding hydrogens is 260 g/mol. The van der Waals surface area contributed by atoms with Gasteiger partial charge in [-0.3, -0.25) is 0 Å². The van der Waals surface area contributed by atoms with Gasteiger partial charge < -0.3 is 5.32 Å². The summed E-state index contributed by atoms with van der Waals surface area (Å²) in [5.74, 6) is -3.38. The second-order valence-electron chi connectivity index (χ2n) is 4.16. The second-order valence-corrected chi connectivity index (χ2v) is 6.08. The molecule has 0 spiro atoms. The van der Waals surface area contributed by atoms with Crippen molar-refractivity contribution in [2.45, 2.75) is 43.4 Å². The molecule has 0 radical (unpaired) electrons. The lowest BCUT2D eigenvalue weighted by molar-refractivity contribution is 0.234. The monoisotopic (exact) mass is 277 g/mol. The van der Waals surface area contributed by atoms with Crippen LogP contribution in [0.2, 0.25) is 0 Å². The highest BCUT2D eigenvalue weighted by Crippen LogP contribution is 2.20. The van der Waals surface area contributed by atoms with Crippen molar-refractivity contribution < 1.29 is 17.2 Å². The maximum absolute atomic E-state index is 12.3. The van der Waals surface area contributed by atoms with Crippen molar-refractivity contribution in [2.24, 2.45) is 0 Å². The van der Waals surface area contributed by atoms with E-state index in [2.05, 4.69) is 12.2 Å². The number of benzene rings is 1. The Morgan fingerprint density at radius 3 is 2.22 bits per heavy atom. The summed E-state index contributed by atoms with van der Waals surface area (Å²) in [6, 6.07) is 5.65. The van der Waals surface area contributed by atoms with Crippen LogP contribution >= 0.6 is 0 Å². The van der Waals surface area contributed by atoms with Gasteiger partial charge in [-0.15, -0.1) is 0 Å². The second kappa shape index (κ2) is 6.13. The summed E-state index contributed by atoms with van der Waals surface area (Å²) in [4.78, 5) is -0.355. The van der Waals surface area contributed by atoms with Crippen molar-refractivity contribution in [3.05, 3.63) is 24.3 Å². The highest BCUT2D eigenvalue weighted by atomic mass is 32.2.